The van der Waals surface area contributed by atoms with E-state index < -0.39 is 52.3 Å². The summed E-state index contributed by atoms with van der Waals surface area (Å²) in [5.41, 5.74) is -4.19. The fourth-order valence-corrected chi connectivity index (χ4v) is 6.45. The molecule has 6 rings (SSSR count). The largest absolute Gasteiger partial charge is 0.382 e. The van der Waals surface area contributed by atoms with Gasteiger partial charge in [0, 0.05) is 59.4 Å². The number of hydrogen-bond acceptors (Lipinski definition) is 8. The van der Waals surface area contributed by atoms with Crippen molar-refractivity contribution in [2.24, 2.45) is 0 Å². The van der Waals surface area contributed by atoms with E-state index in [1.54, 1.807) is 37.3 Å². The Morgan fingerprint density at radius 2 is 1.42 bits per heavy atom. The van der Waals surface area contributed by atoms with E-state index >= 15 is 8.78 Å². The Balaban J connectivity index is 1.61. The highest BCUT2D eigenvalue weighted by Crippen LogP contribution is 2.52. The number of pyridine rings is 2. The molecule has 10 nitrogen and oxygen atoms in total. The molecule has 48 heavy (non-hydrogen) atoms. The van der Waals surface area contributed by atoms with Crippen molar-refractivity contribution >= 4 is 0 Å². The van der Waals surface area contributed by atoms with Crippen LogP contribution in [0.4, 0.5) is 17.6 Å². The number of rotatable bonds is 12. The summed E-state index contributed by atoms with van der Waals surface area (Å²) in [5.74, 6) is -5.90. The summed E-state index contributed by atoms with van der Waals surface area (Å²) < 4.78 is 62.8. The zero-order valence-electron chi connectivity index (χ0n) is 25.5. The predicted octanol–water partition coefficient (Wildman–Crippen LogP) is 5.21. The summed E-state index contributed by atoms with van der Waals surface area (Å²) >= 11 is 0. The van der Waals surface area contributed by atoms with Gasteiger partial charge in [0.2, 0.25) is 0 Å². The summed E-state index contributed by atoms with van der Waals surface area (Å²) in [6.07, 6.45) is 9.33. The molecular formula is C34H30F4N8O2. The number of halogens is 4. The molecule has 0 aliphatic rings. The van der Waals surface area contributed by atoms with Gasteiger partial charge in [0.1, 0.15) is 59.8 Å². The second kappa shape index (κ2) is 13.4. The van der Waals surface area contributed by atoms with E-state index in [1.165, 1.54) is 53.3 Å². The molecule has 4 heterocycles. The normalized spacial score (nSPS) is 16.1. The minimum atomic E-state index is -2.25. The number of aliphatic hydroxyl groups is 2. The highest BCUT2D eigenvalue weighted by molar-refractivity contribution is 5.35. The van der Waals surface area contributed by atoms with Gasteiger partial charge in [0.15, 0.2) is 0 Å². The van der Waals surface area contributed by atoms with Gasteiger partial charge in [-0.3, -0.25) is 9.97 Å². The van der Waals surface area contributed by atoms with Crippen molar-refractivity contribution in [1.82, 2.24) is 39.5 Å². The second-order valence-electron chi connectivity index (χ2n) is 11.5. The molecule has 0 saturated heterocycles. The molecular weight excluding hydrogens is 628 g/mol. The molecule has 0 spiro atoms. The lowest BCUT2D eigenvalue weighted by Crippen LogP contribution is -2.46. The van der Waals surface area contributed by atoms with E-state index in [0.717, 1.165) is 24.3 Å². The van der Waals surface area contributed by atoms with Crippen LogP contribution in [-0.4, -0.2) is 49.7 Å². The van der Waals surface area contributed by atoms with Crippen molar-refractivity contribution in [1.29, 1.82) is 0 Å². The Kier molecular flexibility index (Phi) is 9.11. The average Bonchev–Trinajstić information content (AvgIpc) is 3.80. The van der Waals surface area contributed by atoms with Crippen molar-refractivity contribution in [3.05, 3.63) is 156 Å². The van der Waals surface area contributed by atoms with Crippen LogP contribution < -0.4 is 0 Å². The Labute approximate surface area is 272 Å². The molecule has 0 radical (unpaired) electrons. The smallest absolute Gasteiger partial charge is 0.137 e. The van der Waals surface area contributed by atoms with Gasteiger partial charge in [-0.05, 0) is 48.4 Å². The van der Waals surface area contributed by atoms with Crippen LogP contribution in [0.15, 0.2) is 111 Å². The first-order valence-corrected chi connectivity index (χ1v) is 14.9. The molecule has 6 aromatic rings. The molecule has 0 amide bonds. The summed E-state index contributed by atoms with van der Waals surface area (Å²) in [6.45, 7) is 1.27. The van der Waals surface area contributed by atoms with E-state index in [9.17, 15) is 19.0 Å². The third-order valence-electron chi connectivity index (χ3n) is 8.83. The van der Waals surface area contributed by atoms with Crippen molar-refractivity contribution < 1.29 is 27.8 Å². The van der Waals surface area contributed by atoms with Gasteiger partial charge in [-0.25, -0.2) is 36.9 Å². The topological polar surface area (TPSA) is 128 Å². The lowest BCUT2D eigenvalue weighted by molar-refractivity contribution is -0.0740. The SMILES string of the molecule is CC(c1ccccn1)C(O)(c1ccc(F)cc1F)C(CC(c1ccncc1)C(O)(Cn1cncn1)c1ccc(F)cc1F)n1cncn1. The minimum absolute atomic E-state index is 0.264. The summed E-state index contributed by atoms with van der Waals surface area (Å²) in [4.78, 5) is 16.6. The van der Waals surface area contributed by atoms with Crippen molar-refractivity contribution in [2.75, 3.05) is 0 Å². The molecule has 2 N–H and O–H groups in total. The Hall–Kier alpha value is -5.34. The number of aromatic nitrogens is 8. The Bertz CT molecular complexity index is 1950. The molecule has 246 valence electrons. The molecule has 5 atom stereocenters. The van der Waals surface area contributed by atoms with E-state index in [4.69, 9.17) is 0 Å². The second-order valence-corrected chi connectivity index (χ2v) is 11.5. The highest BCUT2D eigenvalue weighted by atomic mass is 19.1. The van der Waals surface area contributed by atoms with Gasteiger partial charge in [-0.2, -0.15) is 10.2 Å². The van der Waals surface area contributed by atoms with Gasteiger partial charge in [-0.15, -0.1) is 0 Å². The minimum Gasteiger partial charge on any atom is -0.382 e. The highest BCUT2D eigenvalue weighted by Gasteiger charge is 2.52. The van der Waals surface area contributed by atoms with Crippen LogP contribution >= 0.6 is 0 Å². The van der Waals surface area contributed by atoms with Crippen LogP contribution in [0.25, 0.3) is 0 Å². The van der Waals surface area contributed by atoms with Crippen LogP contribution in [0.3, 0.4) is 0 Å². The third kappa shape index (κ3) is 6.19. The lowest BCUT2D eigenvalue weighted by Gasteiger charge is -2.45. The first kappa shape index (κ1) is 32.6. The van der Waals surface area contributed by atoms with Gasteiger partial charge < -0.3 is 10.2 Å². The van der Waals surface area contributed by atoms with Crippen molar-refractivity contribution in [3.63, 3.8) is 0 Å². The van der Waals surface area contributed by atoms with E-state index in [2.05, 4.69) is 30.1 Å². The summed E-state index contributed by atoms with van der Waals surface area (Å²) in [5, 5.41) is 34.3. The quantitative estimate of drug-likeness (QED) is 0.172. The molecule has 14 heteroatoms. The fourth-order valence-electron chi connectivity index (χ4n) is 6.45. The molecule has 2 aromatic carbocycles. The predicted molar refractivity (Wildman–Crippen MR) is 164 cm³/mol. The van der Waals surface area contributed by atoms with Gasteiger partial charge in [0.25, 0.3) is 0 Å². The molecule has 0 aliphatic heterocycles. The number of hydrogen-bond donors (Lipinski definition) is 2. The average molecular weight is 659 g/mol. The Morgan fingerprint density at radius 1 is 0.750 bits per heavy atom. The molecule has 0 fully saturated rings. The molecule has 0 bridgehead atoms. The van der Waals surface area contributed by atoms with Gasteiger partial charge >= 0.3 is 0 Å². The number of nitrogens with zero attached hydrogens (tertiary/aromatic N) is 8. The van der Waals surface area contributed by atoms with Crippen LogP contribution in [0.5, 0.6) is 0 Å². The van der Waals surface area contributed by atoms with Gasteiger partial charge in [-0.1, -0.05) is 25.1 Å². The van der Waals surface area contributed by atoms with E-state index in [0.29, 0.717) is 23.4 Å². The zero-order chi connectivity index (χ0) is 33.9. The van der Waals surface area contributed by atoms with Crippen molar-refractivity contribution in [2.45, 2.75) is 49.0 Å². The first-order valence-electron chi connectivity index (χ1n) is 14.9. The monoisotopic (exact) mass is 658 g/mol. The Morgan fingerprint density at radius 3 is 2.00 bits per heavy atom. The third-order valence-corrected chi connectivity index (χ3v) is 8.83. The molecule has 0 aliphatic carbocycles. The van der Waals surface area contributed by atoms with Crippen LogP contribution in [-0.2, 0) is 17.7 Å². The maximum absolute atomic E-state index is 15.9. The fraction of sp³-hybridized carbons (Fsp3) is 0.235. The van der Waals surface area contributed by atoms with Crippen LogP contribution in [0.1, 0.15) is 53.6 Å². The summed E-state index contributed by atoms with van der Waals surface area (Å²) in [7, 11) is 0. The number of benzene rings is 2. The maximum atomic E-state index is 15.9. The molecule has 4 aromatic heterocycles. The van der Waals surface area contributed by atoms with E-state index in [1.807, 2.05) is 0 Å². The zero-order valence-corrected chi connectivity index (χ0v) is 25.5. The van der Waals surface area contributed by atoms with Crippen LogP contribution in [0, 0.1) is 23.3 Å². The van der Waals surface area contributed by atoms with Gasteiger partial charge in [0.05, 0.1) is 12.6 Å². The van der Waals surface area contributed by atoms with Crippen molar-refractivity contribution in [3.8, 4) is 0 Å². The van der Waals surface area contributed by atoms with E-state index in [-0.39, 0.29) is 24.1 Å². The maximum Gasteiger partial charge on any atom is 0.137 e. The first-order chi connectivity index (χ1) is 23.1. The molecule has 5 unspecified atom stereocenters. The summed E-state index contributed by atoms with van der Waals surface area (Å²) in [6, 6.07) is 12.7. The lowest BCUT2D eigenvalue weighted by atomic mass is 9.67. The van der Waals surface area contributed by atoms with Crippen LogP contribution in [0.2, 0.25) is 0 Å². The standard InChI is InChI=1S/C34H30F4N8O2/c1-22(31-4-2-3-11-42-31)34(48,27-8-6-25(36)15-30(27)38)32(46-21-41-19-44-46)16-28(23-9-12-39-13-10-23)33(47,17-45-20-40-18-43-45)26-7-5-24(35)14-29(26)37/h2-15,18-22,28,32,47-48H,16-17H2,1H3. The molecule has 0 saturated carbocycles.